The Kier molecular flexibility index (Phi) is 8.05. The predicted molar refractivity (Wildman–Crippen MR) is 180 cm³/mol. The number of phenolic OH excluding ortho intramolecular Hbond substituents is 1. The Balaban J connectivity index is 1.36. The third-order valence-corrected chi connectivity index (χ3v) is 11.9. The van der Waals surface area contributed by atoms with E-state index in [1.54, 1.807) is 48.5 Å². The maximum absolute atomic E-state index is 15.3. The van der Waals surface area contributed by atoms with Gasteiger partial charge < -0.3 is 9.84 Å². The van der Waals surface area contributed by atoms with Crippen molar-refractivity contribution in [3.63, 3.8) is 0 Å². The Hall–Kier alpha value is -4.64. The SMILES string of the molecule is O=C1C2CC3C(=CCC4C(=O)N(C5CCCCC5)C(=O)C43)C(c3cc(OC(F)(F)F)ccc3O)C2(c2ccccc2)C(=O)N1c1cccc(Cl)c1. The van der Waals surface area contributed by atoms with Crippen LogP contribution in [0.5, 0.6) is 11.5 Å². The minimum Gasteiger partial charge on any atom is -0.508 e. The molecule has 0 aromatic heterocycles. The quantitative estimate of drug-likeness (QED) is 0.217. The molecule has 12 heteroatoms. The molecule has 2 saturated carbocycles. The van der Waals surface area contributed by atoms with Gasteiger partial charge in [0.15, 0.2) is 0 Å². The number of hydrogen-bond acceptors (Lipinski definition) is 6. The molecule has 2 heterocycles. The molecule has 6 unspecified atom stereocenters. The van der Waals surface area contributed by atoms with Crippen LogP contribution in [0.2, 0.25) is 5.02 Å². The topological polar surface area (TPSA) is 104 Å². The van der Waals surface area contributed by atoms with Gasteiger partial charge in [-0.3, -0.25) is 24.1 Å². The maximum Gasteiger partial charge on any atom is 0.573 e. The first-order valence-electron chi connectivity index (χ1n) is 17.3. The van der Waals surface area contributed by atoms with Crippen molar-refractivity contribution in [3.8, 4) is 11.5 Å². The zero-order chi connectivity index (χ0) is 35.8. The lowest BCUT2D eigenvalue weighted by atomic mass is 9.49. The molecule has 5 aliphatic rings. The zero-order valence-electron chi connectivity index (χ0n) is 27.3. The molecule has 3 aromatic rings. The summed E-state index contributed by atoms with van der Waals surface area (Å²) in [6, 6.07) is 17.7. The monoisotopic (exact) mass is 718 g/mol. The van der Waals surface area contributed by atoms with Crippen LogP contribution < -0.4 is 9.64 Å². The lowest BCUT2D eigenvalue weighted by Gasteiger charge is -2.50. The van der Waals surface area contributed by atoms with E-state index in [9.17, 15) is 32.7 Å². The van der Waals surface area contributed by atoms with Gasteiger partial charge >= 0.3 is 6.36 Å². The number of imide groups is 2. The number of benzene rings is 3. The van der Waals surface area contributed by atoms with Crippen LogP contribution in [0.1, 0.15) is 62.0 Å². The van der Waals surface area contributed by atoms with Crippen LogP contribution >= 0.6 is 11.6 Å². The highest BCUT2D eigenvalue weighted by Crippen LogP contribution is 2.65. The Morgan fingerprint density at radius 2 is 1.59 bits per heavy atom. The number of fused-ring (bicyclic) bond motifs is 4. The molecule has 8 nitrogen and oxygen atoms in total. The number of carbonyl (C=O) groups is 4. The van der Waals surface area contributed by atoms with Gasteiger partial charge in [-0.25, -0.2) is 4.90 Å². The van der Waals surface area contributed by atoms with Gasteiger partial charge in [0.2, 0.25) is 23.6 Å². The van der Waals surface area contributed by atoms with Crippen LogP contribution in [-0.4, -0.2) is 46.0 Å². The lowest BCUT2D eigenvalue weighted by Crippen LogP contribution is -2.53. The summed E-state index contributed by atoms with van der Waals surface area (Å²) in [6.45, 7) is 0. The number of allylic oxidation sites excluding steroid dienone is 2. The average Bonchev–Trinajstić information content (AvgIpc) is 3.50. The first-order chi connectivity index (χ1) is 24.4. The molecule has 2 aliphatic heterocycles. The molecular formula is C39H34ClF3N2O6. The summed E-state index contributed by atoms with van der Waals surface area (Å²) in [5.74, 6) is -7.39. The highest BCUT2D eigenvalue weighted by Gasteiger charge is 2.70. The number of anilines is 1. The number of alkyl halides is 3. The lowest BCUT2D eigenvalue weighted by molar-refractivity contribution is -0.274. The molecule has 51 heavy (non-hydrogen) atoms. The Morgan fingerprint density at radius 1 is 0.843 bits per heavy atom. The average molecular weight is 719 g/mol. The van der Waals surface area contributed by atoms with Crippen molar-refractivity contribution in [1.29, 1.82) is 0 Å². The van der Waals surface area contributed by atoms with E-state index in [1.165, 1.54) is 11.0 Å². The van der Waals surface area contributed by atoms with Crippen molar-refractivity contribution in [2.24, 2.45) is 23.7 Å². The number of aromatic hydroxyl groups is 1. The first-order valence-corrected chi connectivity index (χ1v) is 17.6. The minimum absolute atomic E-state index is 0.0249. The van der Waals surface area contributed by atoms with Gasteiger partial charge in [0.1, 0.15) is 11.5 Å². The summed E-state index contributed by atoms with van der Waals surface area (Å²) in [7, 11) is 0. The normalized spacial score (nSPS) is 29.5. The number of nitrogens with zero attached hydrogens (tertiary/aromatic N) is 2. The summed E-state index contributed by atoms with van der Waals surface area (Å²) in [6.07, 6.45) is 1.20. The number of phenols is 1. The molecule has 6 atom stereocenters. The van der Waals surface area contributed by atoms with Crippen molar-refractivity contribution in [2.75, 3.05) is 4.90 Å². The molecule has 2 saturated heterocycles. The number of amides is 4. The number of halogens is 4. The van der Waals surface area contributed by atoms with Crippen molar-refractivity contribution < 1.29 is 42.2 Å². The third kappa shape index (κ3) is 5.18. The summed E-state index contributed by atoms with van der Waals surface area (Å²) in [5, 5.41) is 11.8. The van der Waals surface area contributed by atoms with Crippen molar-refractivity contribution in [1.82, 2.24) is 4.90 Å². The molecule has 3 aromatic carbocycles. The van der Waals surface area contributed by atoms with Crippen LogP contribution in [0.15, 0.2) is 84.4 Å². The molecule has 4 fully saturated rings. The fraction of sp³-hybridized carbons (Fsp3) is 0.385. The number of ether oxygens (including phenoxy) is 1. The molecule has 1 N–H and O–H groups in total. The van der Waals surface area contributed by atoms with E-state index < -0.39 is 64.7 Å². The van der Waals surface area contributed by atoms with Gasteiger partial charge in [-0.05, 0) is 73.6 Å². The van der Waals surface area contributed by atoms with Crippen LogP contribution in [0.4, 0.5) is 18.9 Å². The van der Waals surface area contributed by atoms with Crippen LogP contribution in [0.3, 0.4) is 0 Å². The Labute approximate surface area is 296 Å². The highest BCUT2D eigenvalue weighted by molar-refractivity contribution is 6.32. The molecule has 264 valence electrons. The van der Waals surface area contributed by atoms with Gasteiger partial charge in [0.05, 0.1) is 28.9 Å². The summed E-state index contributed by atoms with van der Waals surface area (Å²) in [4.78, 5) is 61.0. The summed E-state index contributed by atoms with van der Waals surface area (Å²) >= 11 is 6.34. The second-order valence-corrected chi connectivity index (χ2v) is 14.6. The summed E-state index contributed by atoms with van der Waals surface area (Å²) in [5.41, 5.74) is -0.668. The molecule has 3 aliphatic carbocycles. The first kappa shape index (κ1) is 33.5. The van der Waals surface area contributed by atoms with E-state index in [2.05, 4.69) is 4.74 Å². The summed E-state index contributed by atoms with van der Waals surface area (Å²) < 4.78 is 45.0. The smallest absolute Gasteiger partial charge is 0.508 e. The molecule has 8 rings (SSSR count). The molecule has 0 radical (unpaired) electrons. The fourth-order valence-electron chi connectivity index (χ4n) is 9.77. The second kappa shape index (κ2) is 12.3. The van der Waals surface area contributed by atoms with Gasteiger partial charge in [-0.2, -0.15) is 0 Å². The predicted octanol–water partition coefficient (Wildman–Crippen LogP) is 7.44. The van der Waals surface area contributed by atoms with E-state index in [0.29, 0.717) is 24.0 Å². The number of carbonyl (C=O) groups excluding carboxylic acids is 4. The molecule has 4 amide bonds. The third-order valence-electron chi connectivity index (χ3n) is 11.7. The maximum atomic E-state index is 15.3. The van der Waals surface area contributed by atoms with Gasteiger partial charge in [-0.1, -0.05) is 78.9 Å². The fourth-order valence-corrected chi connectivity index (χ4v) is 9.96. The Morgan fingerprint density at radius 3 is 2.29 bits per heavy atom. The van der Waals surface area contributed by atoms with E-state index in [1.807, 2.05) is 6.08 Å². The van der Waals surface area contributed by atoms with Gasteiger partial charge in [-0.15, -0.1) is 13.2 Å². The minimum atomic E-state index is -5.05. The number of rotatable bonds is 5. The van der Waals surface area contributed by atoms with Gasteiger partial charge in [0, 0.05) is 22.5 Å². The van der Waals surface area contributed by atoms with E-state index in [4.69, 9.17) is 11.6 Å². The van der Waals surface area contributed by atoms with Crippen molar-refractivity contribution >= 4 is 40.9 Å². The molecular weight excluding hydrogens is 685 g/mol. The zero-order valence-corrected chi connectivity index (χ0v) is 28.1. The number of likely N-dealkylation sites (tertiary alicyclic amines) is 1. The van der Waals surface area contributed by atoms with Crippen LogP contribution in [0, 0.1) is 23.7 Å². The number of hydrogen-bond donors (Lipinski definition) is 1. The Bertz CT molecular complexity index is 1980. The largest absolute Gasteiger partial charge is 0.573 e. The van der Waals surface area contributed by atoms with Gasteiger partial charge in [0.25, 0.3) is 0 Å². The van der Waals surface area contributed by atoms with Crippen LogP contribution in [0.25, 0.3) is 0 Å². The van der Waals surface area contributed by atoms with E-state index in [-0.39, 0.29) is 47.0 Å². The highest BCUT2D eigenvalue weighted by atomic mass is 35.5. The van der Waals surface area contributed by atoms with Crippen molar-refractivity contribution in [2.45, 2.75) is 68.7 Å². The molecule has 0 spiro atoms. The van der Waals surface area contributed by atoms with E-state index in [0.717, 1.165) is 42.4 Å². The van der Waals surface area contributed by atoms with Crippen molar-refractivity contribution in [3.05, 3.63) is 101 Å². The standard InChI is InChI=1S/C39H34ClF3N2O6/c40-22-10-7-13-24(18-22)45-35(48)30-20-28-26(15-16-27-32(28)36(49)44(34(27)47)23-11-5-2-6-12-23)33(38(30,37(45)50)21-8-3-1-4-9-21)29-19-25(14-17-31(29)46)51-39(41,42)43/h1,3-4,7-10,13-15,17-19,23,27-28,30,32-33,46H,2,5-6,11-12,16,20H2. The molecule has 0 bridgehead atoms. The second-order valence-electron chi connectivity index (χ2n) is 14.2. The van der Waals surface area contributed by atoms with Crippen LogP contribution in [-0.2, 0) is 24.6 Å². The van der Waals surface area contributed by atoms with E-state index >= 15 is 4.79 Å².